The van der Waals surface area contributed by atoms with Crippen LogP contribution in [0.15, 0.2) is 0 Å². The van der Waals surface area contributed by atoms with E-state index < -0.39 is 35.7 Å². The van der Waals surface area contributed by atoms with Gasteiger partial charge in [0.2, 0.25) is 0 Å². The molecule has 0 heterocycles. The molecule has 0 spiro atoms. The third-order valence-corrected chi connectivity index (χ3v) is 3.70. The van der Waals surface area contributed by atoms with Crippen LogP contribution in [-0.4, -0.2) is 36.2 Å². The molecule has 1 fully saturated rings. The van der Waals surface area contributed by atoms with Crippen LogP contribution in [0.1, 0.15) is 46.0 Å². The number of carbonyl (C=O) groups excluding carboxylic acids is 2. The zero-order valence-electron chi connectivity index (χ0n) is 12.7. The summed E-state index contributed by atoms with van der Waals surface area (Å²) in [5, 5.41) is 9.11. The van der Waals surface area contributed by atoms with Gasteiger partial charge in [-0.2, -0.15) is 0 Å². The Balaban J connectivity index is 2.76. The summed E-state index contributed by atoms with van der Waals surface area (Å²) in [7, 11) is 0. The van der Waals surface area contributed by atoms with E-state index in [0.717, 1.165) is 0 Å². The number of carboxylic acid groups (broad SMARTS) is 1. The maximum absolute atomic E-state index is 12.1. The lowest BCUT2D eigenvalue weighted by Gasteiger charge is -2.31. The van der Waals surface area contributed by atoms with Crippen molar-refractivity contribution >= 4 is 17.9 Å². The highest BCUT2D eigenvalue weighted by molar-refractivity contribution is 5.83. The lowest BCUT2D eigenvalue weighted by atomic mass is 9.74. The molecule has 0 aromatic rings. The first-order valence-electron chi connectivity index (χ1n) is 7.57. The Hall–Kier alpha value is -1.59. The average Bonchev–Trinajstić information content (AvgIpc) is 2.49. The summed E-state index contributed by atoms with van der Waals surface area (Å²) >= 11 is 0. The van der Waals surface area contributed by atoms with Gasteiger partial charge in [0.1, 0.15) is 0 Å². The van der Waals surface area contributed by atoms with Crippen LogP contribution in [-0.2, 0) is 23.9 Å². The van der Waals surface area contributed by atoms with Gasteiger partial charge in [-0.15, -0.1) is 0 Å². The largest absolute Gasteiger partial charge is 0.481 e. The van der Waals surface area contributed by atoms with Crippen molar-refractivity contribution in [2.75, 3.05) is 13.2 Å². The molecule has 21 heavy (non-hydrogen) atoms. The number of hydrogen-bond donors (Lipinski definition) is 1. The maximum atomic E-state index is 12.1. The fourth-order valence-electron chi connectivity index (χ4n) is 2.56. The smallest absolute Gasteiger partial charge is 0.309 e. The number of rotatable bonds is 7. The molecule has 1 saturated carbocycles. The third kappa shape index (κ3) is 5.02. The number of ether oxygens (including phenoxy) is 2. The lowest BCUT2D eigenvalue weighted by Crippen LogP contribution is -2.39. The van der Waals surface area contributed by atoms with Gasteiger partial charge in [-0.3, -0.25) is 14.4 Å². The number of esters is 2. The van der Waals surface area contributed by atoms with Crippen molar-refractivity contribution < 1.29 is 29.0 Å². The predicted octanol–water partition coefficient (Wildman–Crippen LogP) is 2.01. The molecule has 6 heteroatoms. The van der Waals surface area contributed by atoms with Gasteiger partial charge >= 0.3 is 17.9 Å². The Kier molecular flexibility index (Phi) is 7.19. The Morgan fingerprint density at radius 2 is 1.48 bits per heavy atom. The number of aliphatic carboxylic acids is 1. The minimum Gasteiger partial charge on any atom is -0.481 e. The van der Waals surface area contributed by atoms with E-state index in [1.807, 2.05) is 13.8 Å². The third-order valence-electron chi connectivity index (χ3n) is 3.70. The number of carboxylic acids is 1. The Morgan fingerprint density at radius 1 is 0.952 bits per heavy atom. The van der Waals surface area contributed by atoms with E-state index >= 15 is 0 Å². The van der Waals surface area contributed by atoms with Gasteiger partial charge in [0.15, 0.2) is 0 Å². The molecular weight excluding hydrogens is 276 g/mol. The second-order valence-corrected chi connectivity index (χ2v) is 5.40. The fraction of sp³-hybridized carbons (Fsp3) is 0.800. The van der Waals surface area contributed by atoms with Gasteiger partial charge in [-0.1, -0.05) is 13.8 Å². The van der Waals surface area contributed by atoms with Crippen LogP contribution < -0.4 is 0 Å². The minimum absolute atomic E-state index is 0.143. The van der Waals surface area contributed by atoms with Gasteiger partial charge in [0, 0.05) is 0 Å². The lowest BCUT2D eigenvalue weighted by molar-refractivity contribution is -0.165. The van der Waals surface area contributed by atoms with Gasteiger partial charge in [0.05, 0.1) is 31.0 Å². The van der Waals surface area contributed by atoms with E-state index in [1.54, 1.807) is 0 Å². The first kappa shape index (κ1) is 17.5. The average molecular weight is 300 g/mol. The summed E-state index contributed by atoms with van der Waals surface area (Å²) in [4.78, 5) is 35.3. The van der Waals surface area contributed by atoms with Crippen LogP contribution in [0.2, 0.25) is 0 Å². The highest BCUT2D eigenvalue weighted by atomic mass is 16.5. The first-order valence-corrected chi connectivity index (χ1v) is 7.57. The molecule has 3 atom stereocenters. The Bertz CT molecular complexity index is 378. The van der Waals surface area contributed by atoms with Crippen molar-refractivity contribution in [1.82, 2.24) is 0 Å². The summed E-state index contributed by atoms with van der Waals surface area (Å²) in [5.41, 5.74) is 0. The summed E-state index contributed by atoms with van der Waals surface area (Å²) in [5.74, 6) is -3.73. The SMILES string of the molecule is CCCOC(=O)C1CCC(C(=O)O)CC1C(=O)OCCC. The molecule has 0 saturated heterocycles. The van der Waals surface area contributed by atoms with E-state index in [9.17, 15) is 14.4 Å². The minimum atomic E-state index is -0.927. The summed E-state index contributed by atoms with van der Waals surface area (Å²) in [6.45, 7) is 4.36. The monoisotopic (exact) mass is 300 g/mol. The van der Waals surface area contributed by atoms with E-state index in [4.69, 9.17) is 14.6 Å². The summed E-state index contributed by atoms with van der Waals surface area (Å²) in [6.07, 6.45) is 2.28. The normalized spacial score (nSPS) is 25.1. The van der Waals surface area contributed by atoms with E-state index in [2.05, 4.69) is 0 Å². The molecule has 0 aromatic heterocycles. The molecule has 0 radical (unpaired) electrons. The van der Waals surface area contributed by atoms with Crippen LogP contribution in [0.3, 0.4) is 0 Å². The van der Waals surface area contributed by atoms with Crippen LogP contribution in [0.25, 0.3) is 0 Å². The molecule has 0 bridgehead atoms. The van der Waals surface area contributed by atoms with Gasteiger partial charge in [-0.25, -0.2) is 0 Å². The molecule has 0 aromatic carbocycles. The van der Waals surface area contributed by atoms with Crippen LogP contribution >= 0.6 is 0 Å². The molecule has 1 rings (SSSR count). The van der Waals surface area contributed by atoms with E-state index in [-0.39, 0.29) is 13.0 Å². The molecule has 0 amide bonds. The fourth-order valence-corrected chi connectivity index (χ4v) is 2.56. The standard InChI is InChI=1S/C15H24O6/c1-3-7-20-14(18)11-6-5-10(13(16)17)9-12(11)15(19)21-8-4-2/h10-12H,3-9H2,1-2H3,(H,16,17). The summed E-state index contributed by atoms with van der Waals surface area (Å²) < 4.78 is 10.2. The highest BCUT2D eigenvalue weighted by Gasteiger charge is 2.43. The quantitative estimate of drug-likeness (QED) is 0.723. The van der Waals surface area contributed by atoms with Crippen molar-refractivity contribution in [3.63, 3.8) is 0 Å². The maximum Gasteiger partial charge on any atom is 0.309 e. The molecule has 6 nitrogen and oxygen atoms in total. The predicted molar refractivity (Wildman–Crippen MR) is 74.5 cm³/mol. The number of carbonyl (C=O) groups is 3. The summed E-state index contributed by atoms with van der Waals surface area (Å²) in [6, 6.07) is 0. The topological polar surface area (TPSA) is 89.9 Å². The molecule has 120 valence electrons. The van der Waals surface area contributed by atoms with Crippen LogP contribution in [0.5, 0.6) is 0 Å². The van der Waals surface area contributed by atoms with Crippen molar-refractivity contribution in [3.8, 4) is 0 Å². The highest BCUT2D eigenvalue weighted by Crippen LogP contribution is 2.36. The molecule has 3 unspecified atom stereocenters. The van der Waals surface area contributed by atoms with Crippen LogP contribution in [0, 0.1) is 17.8 Å². The molecular formula is C15H24O6. The van der Waals surface area contributed by atoms with Gasteiger partial charge in [0.25, 0.3) is 0 Å². The molecule has 0 aliphatic heterocycles. The zero-order chi connectivity index (χ0) is 15.8. The van der Waals surface area contributed by atoms with E-state index in [1.165, 1.54) is 0 Å². The van der Waals surface area contributed by atoms with Crippen molar-refractivity contribution in [2.45, 2.75) is 46.0 Å². The van der Waals surface area contributed by atoms with Crippen LogP contribution in [0.4, 0.5) is 0 Å². The zero-order valence-corrected chi connectivity index (χ0v) is 12.7. The second kappa shape index (κ2) is 8.64. The van der Waals surface area contributed by atoms with Gasteiger partial charge < -0.3 is 14.6 Å². The molecule has 1 N–H and O–H groups in total. The molecule has 1 aliphatic rings. The van der Waals surface area contributed by atoms with Gasteiger partial charge in [-0.05, 0) is 32.1 Å². The van der Waals surface area contributed by atoms with Crippen molar-refractivity contribution in [1.29, 1.82) is 0 Å². The first-order chi connectivity index (χ1) is 10.0. The van der Waals surface area contributed by atoms with Crippen molar-refractivity contribution in [2.24, 2.45) is 17.8 Å². The van der Waals surface area contributed by atoms with Crippen molar-refractivity contribution in [3.05, 3.63) is 0 Å². The second-order valence-electron chi connectivity index (χ2n) is 5.40. The Morgan fingerprint density at radius 3 is 1.95 bits per heavy atom. The molecule has 1 aliphatic carbocycles. The Labute approximate surface area is 124 Å². The van der Waals surface area contributed by atoms with E-state index in [0.29, 0.717) is 32.3 Å². The number of hydrogen-bond acceptors (Lipinski definition) is 5.